The van der Waals surface area contributed by atoms with Crippen molar-refractivity contribution in [3.05, 3.63) is 95.0 Å². The van der Waals surface area contributed by atoms with Gasteiger partial charge in [-0.3, -0.25) is 13.9 Å². The lowest BCUT2D eigenvalue weighted by Crippen LogP contribution is -2.50. The summed E-state index contributed by atoms with van der Waals surface area (Å²) in [5.74, 6) is 0.158. The molecule has 0 spiro atoms. The van der Waals surface area contributed by atoms with Crippen LogP contribution in [0.5, 0.6) is 5.75 Å². The van der Waals surface area contributed by atoms with Crippen LogP contribution in [0, 0.1) is 0 Å². The smallest absolute Gasteiger partial charge is 0.243 e. The SMILES string of the molecule is CCNC(=O)[C@H](Cc1ccccc1)N(Cc1ccc(Cl)cc1)C(=O)CCCN(c1ccc(OCC)cc1)S(C)(=O)=O. The summed E-state index contributed by atoms with van der Waals surface area (Å²) < 4.78 is 32.0. The number of halogens is 1. The predicted molar refractivity (Wildman–Crippen MR) is 164 cm³/mol. The minimum atomic E-state index is -3.60. The summed E-state index contributed by atoms with van der Waals surface area (Å²) in [5, 5.41) is 3.45. The number of amides is 2. The first-order valence-electron chi connectivity index (χ1n) is 13.7. The molecule has 220 valence electrons. The van der Waals surface area contributed by atoms with Crippen molar-refractivity contribution in [2.45, 2.75) is 45.7 Å². The minimum absolute atomic E-state index is 0.0569. The van der Waals surface area contributed by atoms with Crippen molar-refractivity contribution in [3.63, 3.8) is 0 Å². The molecular weight excluding hydrogens is 562 g/mol. The number of likely N-dealkylation sites (N-methyl/N-ethyl adjacent to an activating group) is 1. The third-order valence-corrected chi connectivity index (χ3v) is 7.92. The second kappa shape index (κ2) is 15.4. The molecular formula is C31H38ClN3O5S. The van der Waals surface area contributed by atoms with Gasteiger partial charge in [0.2, 0.25) is 21.8 Å². The van der Waals surface area contributed by atoms with Gasteiger partial charge in [-0.2, -0.15) is 0 Å². The summed E-state index contributed by atoms with van der Waals surface area (Å²) in [6.45, 7) is 4.96. The van der Waals surface area contributed by atoms with Gasteiger partial charge in [-0.05, 0) is 67.8 Å². The average Bonchev–Trinajstić information content (AvgIpc) is 2.94. The summed E-state index contributed by atoms with van der Waals surface area (Å²) in [4.78, 5) is 28.6. The van der Waals surface area contributed by atoms with E-state index >= 15 is 0 Å². The van der Waals surface area contributed by atoms with E-state index in [4.69, 9.17) is 16.3 Å². The molecule has 2 amide bonds. The fourth-order valence-electron chi connectivity index (χ4n) is 4.51. The molecule has 0 fully saturated rings. The Hall–Kier alpha value is -3.56. The number of carbonyl (C=O) groups excluding carboxylic acids is 2. The number of ether oxygens (including phenoxy) is 1. The predicted octanol–water partition coefficient (Wildman–Crippen LogP) is 5.06. The molecule has 0 saturated heterocycles. The molecule has 0 bridgehead atoms. The van der Waals surface area contributed by atoms with Crippen molar-refractivity contribution in [1.82, 2.24) is 10.2 Å². The van der Waals surface area contributed by atoms with E-state index in [9.17, 15) is 18.0 Å². The van der Waals surface area contributed by atoms with Crippen molar-refractivity contribution in [1.29, 1.82) is 0 Å². The van der Waals surface area contributed by atoms with Crippen molar-refractivity contribution in [3.8, 4) is 5.75 Å². The third kappa shape index (κ3) is 9.79. The van der Waals surface area contributed by atoms with E-state index in [-0.39, 0.29) is 37.7 Å². The number of carbonyl (C=O) groups is 2. The van der Waals surface area contributed by atoms with Gasteiger partial charge in [0, 0.05) is 37.5 Å². The molecule has 0 radical (unpaired) electrons. The highest BCUT2D eigenvalue weighted by molar-refractivity contribution is 7.92. The molecule has 3 aromatic rings. The Kier molecular flexibility index (Phi) is 12.0. The van der Waals surface area contributed by atoms with Crippen LogP contribution in [0.3, 0.4) is 0 Å². The summed E-state index contributed by atoms with van der Waals surface area (Å²) in [6.07, 6.45) is 1.81. The molecule has 3 rings (SSSR count). The number of hydrogen-bond donors (Lipinski definition) is 1. The third-order valence-electron chi connectivity index (χ3n) is 6.48. The van der Waals surface area contributed by atoms with Gasteiger partial charge in [-0.1, -0.05) is 54.1 Å². The first-order chi connectivity index (χ1) is 19.6. The van der Waals surface area contributed by atoms with Crippen LogP contribution in [-0.4, -0.2) is 57.1 Å². The summed E-state index contributed by atoms with van der Waals surface area (Å²) in [6, 6.07) is 22.8. The van der Waals surface area contributed by atoms with Crippen molar-refractivity contribution < 1.29 is 22.7 Å². The van der Waals surface area contributed by atoms with Crippen LogP contribution in [-0.2, 0) is 32.6 Å². The molecule has 1 N–H and O–H groups in total. The number of rotatable bonds is 15. The first kappa shape index (κ1) is 32.0. The highest BCUT2D eigenvalue weighted by atomic mass is 35.5. The molecule has 0 heterocycles. The van der Waals surface area contributed by atoms with Crippen molar-refractivity contribution >= 4 is 39.1 Å². The molecule has 0 aromatic heterocycles. The van der Waals surface area contributed by atoms with Crippen molar-refractivity contribution in [2.75, 3.05) is 30.3 Å². The van der Waals surface area contributed by atoms with E-state index in [2.05, 4.69) is 5.32 Å². The van der Waals surface area contributed by atoms with E-state index in [1.54, 1.807) is 41.3 Å². The van der Waals surface area contributed by atoms with E-state index in [0.717, 1.165) is 17.4 Å². The van der Waals surface area contributed by atoms with Crippen LogP contribution in [0.25, 0.3) is 0 Å². The lowest BCUT2D eigenvalue weighted by atomic mass is 10.0. The normalized spacial score (nSPS) is 11.9. The molecule has 0 aliphatic carbocycles. The lowest BCUT2D eigenvalue weighted by Gasteiger charge is -2.32. The number of nitrogens with zero attached hydrogens (tertiary/aromatic N) is 2. The summed E-state index contributed by atoms with van der Waals surface area (Å²) in [7, 11) is -3.60. The Morgan fingerprint density at radius 2 is 1.59 bits per heavy atom. The molecule has 3 aromatic carbocycles. The van der Waals surface area contributed by atoms with Crippen LogP contribution in [0.1, 0.15) is 37.8 Å². The van der Waals surface area contributed by atoms with Crippen LogP contribution in [0.4, 0.5) is 5.69 Å². The number of sulfonamides is 1. The summed E-state index contributed by atoms with van der Waals surface area (Å²) >= 11 is 6.08. The van der Waals surface area contributed by atoms with Crippen LogP contribution in [0.2, 0.25) is 5.02 Å². The Morgan fingerprint density at radius 3 is 2.17 bits per heavy atom. The molecule has 10 heteroatoms. The zero-order valence-corrected chi connectivity index (χ0v) is 25.3. The van der Waals surface area contributed by atoms with E-state index in [1.165, 1.54) is 4.31 Å². The van der Waals surface area contributed by atoms with Gasteiger partial charge in [0.05, 0.1) is 18.6 Å². The summed E-state index contributed by atoms with van der Waals surface area (Å²) in [5.41, 5.74) is 2.25. The van der Waals surface area contributed by atoms with Gasteiger partial charge >= 0.3 is 0 Å². The van der Waals surface area contributed by atoms with Gasteiger partial charge in [-0.15, -0.1) is 0 Å². The van der Waals surface area contributed by atoms with Crippen LogP contribution in [0.15, 0.2) is 78.9 Å². The lowest BCUT2D eigenvalue weighted by molar-refractivity contribution is -0.141. The van der Waals surface area contributed by atoms with Crippen LogP contribution < -0.4 is 14.4 Å². The maximum absolute atomic E-state index is 13.8. The Bertz CT molecular complexity index is 1370. The van der Waals surface area contributed by atoms with Crippen LogP contribution >= 0.6 is 11.6 Å². The van der Waals surface area contributed by atoms with E-state index < -0.39 is 16.1 Å². The quantitative estimate of drug-likeness (QED) is 0.263. The first-order valence-corrected chi connectivity index (χ1v) is 15.9. The standard InChI is InChI=1S/C31H38ClN3O5S/c1-4-33-31(37)29(22-24-10-7-6-8-11-24)34(23-25-13-15-26(32)16-14-25)30(36)12-9-21-35(41(3,38)39)27-17-19-28(20-18-27)40-5-2/h6-8,10-11,13-20,29H,4-5,9,12,21-23H2,1-3H3,(H,33,37)/t29-/m0/s1. The maximum atomic E-state index is 13.8. The second-order valence-corrected chi connectivity index (χ2v) is 12.0. The fourth-order valence-corrected chi connectivity index (χ4v) is 5.60. The Morgan fingerprint density at radius 1 is 0.927 bits per heavy atom. The molecule has 0 saturated carbocycles. The maximum Gasteiger partial charge on any atom is 0.243 e. The van der Waals surface area contributed by atoms with E-state index in [1.807, 2.05) is 56.3 Å². The minimum Gasteiger partial charge on any atom is -0.494 e. The van der Waals surface area contributed by atoms with Gasteiger partial charge in [-0.25, -0.2) is 8.42 Å². The molecule has 8 nitrogen and oxygen atoms in total. The molecule has 0 aliphatic rings. The second-order valence-electron chi connectivity index (χ2n) is 9.61. The zero-order valence-electron chi connectivity index (χ0n) is 23.8. The van der Waals surface area contributed by atoms with Crippen molar-refractivity contribution in [2.24, 2.45) is 0 Å². The largest absolute Gasteiger partial charge is 0.494 e. The molecule has 0 aliphatic heterocycles. The van der Waals surface area contributed by atoms with Gasteiger partial charge in [0.25, 0.3) is 0 Å². The fraction of sp³-hybridized carbons (Fsp3) is 0.355. The van der Waals surface area contributed by atoms with Gasteiger partial charge in [0.15, 0.2) is 0 Å². The Balaban J connectivity index is 1.83. The Labute approximate surface area is 248 Å². The number of benzene rings is 3. The van der Waals surface area contributed by atoms with E-state index in [0.29, 0.717) is 36.0 Å². The average molecular weight is 600 g/mol. The molecule has 41 heavy (non-hydrogen) atoms. The molecule has 1 atom stereocenters. The highest BCUT2D eigenvalue weighted by Crippen LogP contribution is 2.23. The highest BCUT2D eigenvalue weighted by Gasteiger charge is 2.30. The number of nitrogens with one attached hydrogen (secondary N) is 1. The number of anilines is 1. The van der Waals surface area contributed by atoms with Gasteiger partial charge < -0.3 is 15.0 Å². The van der Waals surface area contributed by atoms with Gasteiger partial charge in [0.1, 0.15) is 11.8 Å². The monoisotopic (exact) mass is 599 g/mol. The zero-order chi connectivity index (χ0) is 29.8. The number of hydrogen-bond acceptors (Lipinski definition) is 5. The molecule has 0 unspecified atom stereocenters. The topological polar surface area (TPSA) is 96.0 Å².